The Hall–Kier alpha value is -0.380. The van der Waals surface area contributed by atoms with E-state index in [1.54, 1.807) is 0 Å². The van der Waals surface area contributed by atoms with E-state index in [2.05, 4.69) is 37.1 Å². The van der Waals surface area contributed by atoms with Gasteiger partial charge in [0.25, 0.3) is 0 Å². The van der Waals surface area contributed by atoms with Gasteiger partial charge in [0.05, 0.1) is 13.2 Å². The predicted octanol–water partition coefficient (Wildman–Crippen LogP) is 1.65. The van der Waals surface area contributed by atoms with Gasteiger partial charge in [-0.3, -0.25) is 4.90 Å². The zero-order chi connectivity index (χ0) is 11.8. The highest BCUT2D eigenvalue weighted by atomic mass is 16.5. The Morgan fingerprint density at radius 2 is 2.19 bits per heavy atom. The lowest BCUT2D eigenvalue weighted by molar-refractivity contribution is 0.148. The Morgan fingerprint density at radius 1 is 1.44 bits per heavy atom. The third-order valence-electron chi connectivity index (χ3n) is 3.21. The Labute approximate surface area is 99.8 Å². The number of hydrogen-bond donors (Lipinski definition) is 1. The number of nitrogens with one attached hydrogen (secondary N) is 1. The zero-order valence-corrected chi connectivity index (χ0v) is 11.0. The molecule has 0 aromatic heterocycles. The summed E-state index contributed by atoms with van der Waals surface area (Å²) < 4.78 is 5.41. The fourth-order valence-electron chi connectivity index (χ4n) is 2.15. The quantitative estimate of drug-likeness (QED) is 0.668. The summed E-state index contributed by atoms with van der Waals surface area (Å²) in [4.78, 5) is 2.47. The van der Waals surface area contributed by atoms with Crippen molar-refractivity contribution in [2.75, 3.05) is 39.4 Å². The first-order valence-corrected chi connectivity index (χ1v) is 6.48. The van der Waals surface area contributed by atoms with Crippen LogP contribution in [-0.2, 0) is 4.74 Å². The highest BCUT2D eigenvalue weighted by Crippen LogP contribution is 2.04. The molecule has 1 heterocycles. The average Bonchev–Trinajstić information content (AvgIpc) is 2.32. The Kier molecular flexibility index (Phi) is 6.69. The van der Waals surface area contributed by atoms with Crippen molar-refractivity contribution in [3.05, 3.63) is 11.6 Å². The van der Waals surface area contributed by atoms with Crippen LogP contribution in [0.15, 0.2) is 11.6 Å². The summed E-state index contributed by atoms with van der Waals surface area (Å²) in [6.07, 6.45) is 3.38. The van der Waals surface area contributed by atoms with Crippen molar-refractivity contribution in [2.45, 2.75) is 33.2 Å². The molecule has 3 nitrogen and oxygen atoms in total. The van der Waals surface area contributed by atoms with E-state index in [0.29, 0.717) is 6.04 Å². The highest BCUT2D eigenvalue weighted by Gasteiger charge is 2.09. The van der Waals surface area contributed by atoms with Crippen molar-refractivity contribution in [2.24, 2.45) is 0 Å². The van der Waals surface area contributed by atoms with Gasteiger partial charge in [0.1, 0.15) is 0 Å². The van der Waals surface area contributed by atoms with Gasteiger partial charge in [0.2, 0.25) is 0 Å². The lowest BCUT2D eigenvalue weighted by Crippen LogP contribution is -2.40. The minimum Gasteiger partial charge on any atom is -0.377 e. The molecule has 0 bridgehead atoms. The van der Waals surface area contributed by atoms with Crippen LogP contribution in [-0.4, -0.2) is 50.3 Å². The Balaban J connectivity index is 2.16. The van der Waals surface area contributed by atoms with E-state index in [1.165, 1.54) is 5.57 Å². The maximum absolute atomic E-state index is 5.41. The maximum Gasteiger partial charge on any atom is 0.0689 e. The summed E-state index contributed by atoms with van der Waals surface area (Å²) in [6.45, 7) is 12.7. The highest BCUT2D eigenvalue weighted by molar-refractivity contribution is 5.06. The molecule has 1 unspecified atom stereocenters. The van der Waals surface area contributed by atoms with Crippen LogP contribution in [0.5, 0.6) is 0 Å². The summed E-state index contributed by atoms with van der Waals surface area (Å²) in [5, 5.41) is 3.51. The van der Waals surface area contributed by atoms with Gasteiger partial charge in [-0.1, -0.05) is 19.9 Å². The van der Waals surface area contributed by atoms with E-state index in [-0.39, 0.29) is 0 Å². The van der Waals surface area contributed by atoms with E-state index >= 15 is 0 Å². The smallest absolute Gasteiger partial charge is 0.0689 e. The largest absolute Gasteiger partial charge is 0.377 e. The van der Waals surface area contributed by atoms with E-state index in [9.17, 15) is 0 Å². The molecule has 0 radical (unpaired) electrons. The van der Waals surface area contributed by atoms with E-state index in [0.717, 1.165) is 45.8 Å². The van der Waals surface area contributed by atoms with Crippen LogP contribution in [0, 0.1) is 0 Å². The molecule has 1 atom stereocenters. The summed E-state index contributed by atoms with van der Waals surface area (Å²) in [6, 6.07) is 0.611. The summed E-state index contributed by atoms with van der Waals surface area (Å²) in [5.41, 5.74) is 1.40. The summed E-state index contributed by atoms with van der Waals surface area (Å²) in [7, 11) is 0. The molecule has 1 aliphatic rings. The van der Waals surface area contributed by atoms with Crippen molar-refractivity contribution in [1.29, 1.82) is 0 Å². The first kappa shape index (κ1) is 13.7. The van der Waals surface area contributed by atoms with Gasteiger partial charge in [-0.25, -0.2) is 0 Å². The first-order chi connectivity index (χ1) is 7.77. The fraction of sp³-hybridized carbons (Fsp3) is 0.846. The second kappa shape index (κ2) is 7.82. The predicted molar refractivity (Wildman–Crippen MR) is 68.8 cm³/mol. The van der Waals surface area contributed by atoms with Crippen molar-refractivity contribution < 1.29 is 4.74 Å². The Bertz CT molecular complexity index is 212. The van der Waals surface area contributed by atoms with Crippen LogP contribution in [0.3, 0.4) is 0 Å². The summed E-state index contributed by atoms with van der Waals surface area (Å²) >= 11 is 0. The van der Waals surface area contributed by atoms with Gasteiger partial charge in [-0.15, -0.1) is 0 Å². The van der Waals surface area contributed by atoms with Gasteiger partial charge in [-0.2, -0.15) is 0 Å². The molecule has 16 heavy (non-hydrogen) atoms. The average molecular weight is 226 g/mol. The van der Waals surface area contributed by atoms with E-state index in [4.69, 9.17) is 4.74 Å². The molecule has 0 aromatic rings. The molecule has 0 spiro atoms. The molecule has 3 heteroatoms. The van der Waals surface area contributed by atoms with Crippen LogP contribution in [0.4, 0.5) is 0 Å². The summed E-state index contributed by atoms with van der Waals surface area (Å²) in [5.74, 6) is 0. The van der Waals surface area contributed by atoms with Gasteiger partial charge in [-0.05, 0) is 32.0 Å². The third-order valence-corrected chi connectivity index (χ3v) is 3.21. The fourth-order valence-corrected chi connectivity index (χ4v) is 2.15. The number of rotatable bonds is 7. The number of ether oxygens (including phenoxy) is 1. The van der Waals surface area contributed by atoms with Crippen molar-refractivity contribution in [1.82, 2.24) is 10.2 Å². The lowest BCUT2D eigenvalue weighted by Gasteiger charge is -2.27. The molecular weight excluding hydrogens is 200 g/mol. The Morgan fingerprint density at radius 3 is 2.75 bits per heavy atom. The maximum atomic E-state index is 5.41. The number of nitrogens with zero attached hydrogens (tertiary/aromatic N) is 1. The lowest BCUT2D eigenvalue weighted by atomic mass is 10.2. The van der Waals surface area contributed by atoms with Crippen LogP contribution < -0.4 is 5.32 Å². The molecular formula is C13H26N2O. The molecule has 0 saturated heterocycles. The number of hydrogen-bond acceptors (Lipinski definition) is 3. The van der Waals surface area contributed by atoms with Crippen molar-refractivity contribution in [3.63, 3.8) is 0 Å². The van der Waals surface area contributed by atoms with E-state index in [1.807, 2.05) is 0 Å². The van der Waals surface area contributed by atoms with Crippen LogP contribution >= 0.6 is 0 Å². The second-order valence-electron chi connectivity index (χ2n) is 4.40. The zero-order valence-electron chi connectivity index (χ0n) is 11.0. The monoisotopic (exact) mass is 226 g/mol. The van der Waals surface area contributed by atoms with E-state index < -0.39 is 0 Å². The second-order valence-corrected chi connectivity index (χ2v) is 4.40. The molecule has 0 amide bonds. The van der Waals surface area contributed by atoms with Gasteiger partial charge < -0.3 is 10.1 Å². The minimum absolute atomic E-state index is 0.611. The van der Waals surface area contributed by atoms with Crippen molar-refractivity contribution >= 4 is 0 Å². The van der Waals surface area contributed by atoms with Crippen LogP contribution in [0.25, 0.3) is 0 Å². The molecule has 1 N–H and O–H groups in total. The molecule has 1 aliphatic heterocycles. The minimum atomic E-state index is 0.611. The molecule has 0 aromatic carbocycles. The normalized spacial score (nSPS) is 18.6. The molecule has 0 saturated carbocycles. The standard InChI is InChI=1S/C13H26N2O/c1-4-15(5-2)12(3)9-14-10-13-7-6-8-16-11-13/h7,12,14H,4-6,8-11H2,1-3H3. The third kappa shape index (κ3) is 4.64. The molecule has 0 fully saturated rings. The SMILES string of the molecule is CCN(CC)C(C)CNCC1=CCCOC1. The molecule has 0 aliphatic carbocycles. The molecule has 1 rings (SSSR count). The van der Waals surface area contributed by atoms with Crippen molar-refractivity contribution in [3.8, 4) is 0 Å². The van der Waals surface area contributed by atoms with Gasteiger partial charge in [0.15, 0.2) is 0 Å². The first-order valence-electron chi connectivity index (χ1n) is 6.48. The topological polar surface area (TPSA) is 24.5 Å². The van der Waals surface area contributed by atoms with Gasteiger partial charge in [0, 0.05) is 19.1 Å². The molecule has 94 valence electrons. The van der Waals surface area contributed by atoms with Crippen LogP contribution in [0.1, 0.15) is 27.2 Å². The van der Waals surface area contributed by atoms with Gasteiger partial charge >= 0.3 is 0 Å². The van der Waals surface area contributed by atoms with Crippen LogP contribution in [0.2, 0.25) is 0 Å². The number of likely N-dealkylation sites (N-methyl/N-ethyl adjacent to an activating group) is 1.